The molecule has 0 saturated carbocycles. The summed E-state index contributed by atoms with van der Waals surface area (Å²) in [6.45, 7) is 1.56. The van der Waals surface area contributed by atoms with Gasteiger partial charge in [0.1, 0.15) is 0 Å². The Hall–Kier alpha value is -0.380. The van der Waals surface area contributed by atoms with Crippen molar-refractivity contribution in [2.75, 3.05) is 26.1 Å². The summed E-state index contributed by atoms with van der Waals surface area (Å²) >= 11 is 0. The summed E-state index contributed by atoms with van der Waals surface area (Å²) in [5.74, 6) is 4.13. The molecule has 0 aromatic carbocycles. The molecule has 0 aliphatic heterocycles. The second-order valence-electron chi connectivity index (χ2n) is 3.33. The summed E-state index contributed by atoms with van der Waals surface area (Å²) in [4.78, 5) is 0. The number of hydrogen-bond donors (Lipinski definition) is 1. The predicted molar refractivity (Wildman–Crippen MR) is 64.5 cm³/mol. The van der Waals surface area contributed by atoms with E-state index in [4.69, 9.17) is 13.6 Å². The van der Waals surface area contributed by atoms with Crippen LogP contribution in [0.2, 0.25) is 0 Å². The SMILES string of the molecule is CC#CC(CCP(=O)(OC)OC)CS(=O)(=O)O. The highest BCUT2D eigenvalue weighted by Crippen LogP contribution is 2.47. The molecule has 8 heteroatoms. The summed E-state index contributed by atoms with van der Waals surface area (Å²) < 4.78 is 51.4. The fourth-order valence-electron chi connectivity index (χ4n) is 1.23. The summed E-state index contributed by atoms with van der Waals surface area (Å²) in [6.07, 6.45) is 0.258. The lowest BCUT2D eigenvalue weighted by atomic mass is 10.1. The summed E-state index contributed by atoms with van der Waals surface area (Å²) in [5, 5.41) is 0. The van der Waals surface area contributed by atoms with E-state index in [0.717, 1.165) is 0 Å². The average Bonchev–Trinajstić information content (AvgIpc) is 2.24. The standard InChI is InChI=1S/C9H17O6PS/c1-4-5-9(8-17(11,12)13)6-7-16(10,14-2)15-3/h9H,6-8H2,1-3H3,(H,11,12,13). The molecule has 0 aliphatic carbocycles. The molecule has 0 saturated heterocycles. The monoisotopic (exact) mass is 284 g/mol. The van der Waals surface area contributed by atoms with E-state index >= 15 is 0 Å². The van der Waals surface area contributed by atoms with Crippen LogP contribution in [-0.2, 0) is 23.7 Å². The fraction of sp³-hybridized carbons (Fsp3) is 0.778. The fourth-order valence-corrected chi connectivity index (χ4v) is 3.13. The van der Waals surface area contributed by atoms with E-state index in [1.807, 2.05) is 0 Å². The predicted octanol–water partition coefficient (Wildman–Crippen LogP) is 1.39. The second-order valence-corrected chi connectivity index (χ2v) is 7.22. The third kappa shape index (κ3) is 7.53. The van der Waals surface area contributed by atoms with E-state index in [2.05, 4.69) is 11.8 Å². The van der Waals surface area contributed by atoms with Crippen LogP contribution in [0.3, 0.4) is 0 Å². The highest BCUT2D eigenvalue weighted by Gasteiger charge is 2.24. The molecule has 1 atom stereocenters. The van der Waals surface area contributed by atoms with Crippen LogP contribution in [0.4, 0.5) is 0 Å². The maximum absolute atomic E-state index is 11.7. The minimum atomic E-state index is -4.10. The van der Waals surface area contributed by atoms with Gasteiger partial charge >= 0.3 is 7.60 Å². The van der Waals surface area contributed by atoms with Crippen LogP contribution in [0.25, 0.3) is 0 Å². The van der Waals surface area contributed by atoms with Crippen molar-refractivity contribution in [1.29, 1.82) is 0 Å². The minimum absolute atomic E-state index is 0.0505. The zero-order valence-corrected chi connectivity index (χ0v) is 11.8. The van der Waals surface area contributed by atoms with Crippen molar-refractivity contribution in [2.45, 2.75) is 13.3 Å². The lowest BCUT2D eigenvalue weighted by Crippen LogP contribution is -2.15. The molecule has 0 fully saturated rings. The van der Waals surface area contributed by atoms with E-state index in [-0.39, 0.29) is 12.6 Å². The second kappa shape index (κ2) is 7.14. The Balaban J connectivity index is 4.57. The first-order valence-corrected chi connectivity index (χ1v) is 8.18. The van der Waals surface area contributed by atoms with E-state index in [9.17, 15) is 13.0 Å². The molecule has 0 rings (SSSR count). The van der Waals surface area contributed by atoms with Gasteiger partial charge in [-0.3, -0.25) is 9.12 Å². The summed E-state index contributed by atoms with van der Waals surface area (Å²) in [6, 6.07) is 0. The van der Waals surface area contributed by atoms with E-state index in [0.29, 0.717) is 0 Å². The van der Waals surface area contributed by atoms with Crippen LogP contribution >= 0.6 is 7.60 Å². The molecule has 1 N–H and O–H groups in total. The van der Waals surface area contributed by atoms with Crippen LogP contribution in [0.5, 0.6) is 0 Å². The quantitative estimate of drug-likeness (QED) is 0.431. The molecule has 17 heavy (non-hydrogen) atoms. The van der Waals surface area contributed by atoms with Gasteiger partial charge in [0.05, 0.1) is 11.9 Å². The van der Waals surface area contributed by atoms with Crippen LogP contribution in [-0.4, -0.2) is 39.1 Å². The molecule has 0 heterocycles. The lowest BCUT2D eigenvalue weighted by Gasteiger charge is -2.15. The van der Waals surface area contributed by atoms with Gasteiger partial charge in [-0.15, -0.1) is 5.92 Å². The Kier molecular flexibility index (Phi) is 6.98. The van der Waals surface area contributed by atoms with Gasteiger partial charge in [0.2, 0.25) is 0 Å². The molecule has 6 nitrogen and oxygen atoms in total. The third-order valence-electron chi connectivity index (χ3n) is 2.07. The topological polar surface area (TPSA) is 89.9 Å². The van der Waals surface area contributed by atoms with Gasteiger partial charge in [-0.1, -0.05) is 5.92 Å². The Morgan fingerprint density at radius 2 is 1.88 bits per heavy atom. The zero-order chi connectivity index (χ0) is 13.5. The lowest BCUT2D eigenvalue weighted by molar-refractivity contribution is 0.274. The molecule has 100 valence electrons. The van der Waals surface area contributed by atoms with Crippen molar-refractivity contribution >= 4 is 17.7 Å². The minimum Gasteiger partial charge on any atom is -0.312 e. The maximum Gasteiger partial charge on any atom is 0.330 e. The van der Waals surface area contributed by atoms with E-state index < -0.39 is 29.4 Å². The van der Waals surface area contributed by atoms with Gasteiger partial charge in [-0.2, -0.15) is 8.42 Å². The first-order chi connectivity index (χ1) is 7.76. The largest absolute Gasteiger partial charge is 0.330 e. The number of hydrogen-bond acceptors (Lipinski definition) is 5. The van der Waals surface area contributed by atoms with Gasteiger partial charge in [0.25, 0.3) is 10.1 Å². The van der Waals surface area contributed by atoms with Crippen LogP contribution in [0.1, 0.15) is 13.3 Å². The Labute approximate surface area is 102 Å². The van der Waals surface area contributed by atoms with E-state index in [1.165, 1.54) is 14.2 Å². The van der Waals surface area contributed by atoms with Crippen molar-refractivity contribution in [3.63, 3.8) is 0 Å². The summed E-state index contributed by atoms with van der Waals surface area (Å²) in [7, 11) is -4.75. The molecular formula is C9H17O6PS. The Morgan fingerprint density at radius 3 is 2.24 bits per heavy atom. The van der Waals surface area contributed by atoms with Gasteiger partial charge in [0, 0.05) is 20.1 Å². The highest BCUT2D eigenvalue weighted by atomic mass is 32.2. The molecule has 0 spiro atoms. The first-order valence-electron chi connectivity index (χ1n) is 4.84. The van der Waals surface area contributed by atoms with Crippen molar-refractivity contribution in [3.05, 3.63) is 0 Å². The molecule has 0 radical (unpaired) electrons. The molecule has 0 aliphatic rings. The van der Waals surface area contributed by atoms with Gasteiger partial charge in [-0.25, -0.2) is 0 Å². The Morgan fingerprint density at radius 1 is 1.35 bits per heavy atom. The molecule has 1 unspecified atom stereocenters. The Bertz CT molecular complexity index is 424. The number of rotatable bonds is 7. The smallest absolute Gasteiger partial charge is 0.312 e. The third-order valence-corrected chi connectivity index (χ3v) is 4.81. The van der Waals surface area contributed by atoms with Crippen LogP contribution < -0.4 is 0 Å². The average molecular weight is 284 g/mol. The zero-order valence-electron chi connectivity index (χ0n) is 10.0. The molecular weight excluding hydrogens is 267 g/mol. The summed E-state index contributed by atoms with van der Waals surface area (Å²) in [5.41, 5.74) is 0. The van der Waals surface area contributed by atoms with Crippen molar-refractivity contribution in [3.8, 4) is 11.8 Å². The normalized spacial score (nSPS) is 13.9. The van der Waals surface area contributed by atoms with Gasteiger partial charge in [-0.05, 0) is 13.3 Å². The molecule has 0 aromatic rings. The van der Waals surface area contributed by atoms with Crippen LogP contribution in [0, 0.1) is 17.8 Å². The molecule has 0 bridgehead atoms. The van der Waals surface area contributed by atoms with Crippen molar-refractivity contribution in [1.82, 2.24) is 0 Å². The highest BCUT2D eigenvalue weighted by molar-refractivity contribution is 7.85. The van der Waals surface area contributed by atoms with Crippen LogP contribution in [0.15, 0.2) is 0 Å². The van der Waals surface area contributed by atoms with Gasteiger partial charge in [0.15, 0.2) is 0 Å². The maximum atomic E-state index is 11.7. The first kappa shape index (κ1) is 16.6. The van der Waals surface area contributed by atoms with Gasteiger partial charge < -0.3 is 9.05 Å². The molecule has 0 aromatic heterocycles. The molecule has 0 amide bonds. The van der Waals surface area contributed by atoms with Crippen molar-refractivity contribution in [2.24, 2.45) is 5.92 Å². The van der Waals surface area contributed by atoms with Crippen molar-refractivity contribution < 1.29 is 26.6 Å². The van der Waals surface area contributed by atoms with E-state index in [1.54, 1.807) is 6.92 Å².